The third-order valence-corrected chi connectivity index (χ3v) is 9.18. The number of carbonyl (C=O) groups excluding carboxylic acids is 2. The lowest BCUT2D eigenvalue weighted by Crippen LogP contribution is -2.48. The van der Waals surface area contributed by atoms with E-state index in [-0.39, 0.29) is 29.4 Å². The minimum Gasteiger partial charge on any atom is -0.390 e. The number of hydrogen-bond donors (Lipinski definition) is 4. The summed E-state index contributed by atoms with van der Waals surface area (Å²) in [6.45, 7) is 4.58. The maximum absolute atomic E-state index is 13.8. The van der Waals surface area contributed by atoms with Gasteiger partial charge in [-0.2, -0.15) is 0 Å². The van der Waals surface area contributed by atoms with Gasteiger partial charge in [0.1, 0.15) is 0 Å². The molecule has 4 rings (SSSR count). The van der Waals surface area contributed by atoms with Gasteiger partial charge in [0.15, 0.2) is 0 Å². The van der Waals surface area contributed by atoms with Gasteiger partial charge in [-0.1, -0.05) is 73.7 Å². The molecule has 0 spiro atoms. The second kappa shape index (κ2) is 16.3. The van der Waals surface area contributed by atoms with Gasteiger partial charge in [0.25, 0.3) is 11.8 Å². The lowest BCUT2D eigenvalue weighted by atomic mass is 10.00. The lowest BCUT2D eigenvalue weighted by molar-refractivity contribution is 0.0830. The van der Waals surface area contributed by atoms with E-state index in [2.05, 4.69) is 33.9 Å². The molecule has 0 saturated heterocycles. The van der Waals surface area contributed by atoms with Gasteiger partial charge in [-0.15, -0.1) is 0 Å². The standard InChI is InChI=1S/C36H43N5O5S/c1-5-26-16-28(22-37-21-26)23-38-24-34(42)33(17-27-12-8-6-9-13-27)40-36(44)31-18-30(19-32(20-31)41(3)47(4,45)46)35(43)39-25(2)29-14-10-7-11-15-29/h6-16,18-22,25,33-34,38,42H,5,17,23-24H2,1-4H3,(H,39,43)(H,40,44)/t25-,33+,34-/m1/s1. The van der Waals surface area contributed by atoms with Crippen molar-refractivity contribution in [3.8, 4) is 0 Å². The van der Waals surface area contributed by atoms with Crippen LogP contribution in [-0.4, -0.2) is 62.3 Å². The van der Waals surface area contributed by atoms with Gasteiger partial charge in [0, 0.05) is 43.7 Å². The molecule has 1 aromatic heterocycles. The Labute approximate surface area is 277 Å². The quantitative estimate of drug-likeness (QED) is 0.151. The van der Waals surface area contributed by atoms with E-state index in [0.717, 1.165) is 39.2 Å². The van der Waals surface area contributed by atoms with Crippen molar-refractivity contribution in [2.45, 2.75) is 51.4 Å². The minimum absolute atomic E-state index is 0.0798. The first-order valence-corrected chi connectivity index (χ1v) is 17.4. The smallest absolute Gasteiger partial charge is 0.251 e. The molecule has 1 heterocycles. The van der Waals surface area contributed by atoms with E-state index in [1.165, 1.54) is 25.2 Å². The molecule has 2 amide bonds. The molecule has 0 unspecified atom stereocenters. The predicted molar refractivity (Wildman–Crippen MR) is 185 cm³/mol. The summed E-state index contributed by atoms with van der Waals surface area (Å²) in [5.41, 5.74) is 4.26. The third-order valence-electron chi connectivity index (χ3n) is 7.97. The number of hydrogen-bond acceptors (Lipinski definition) is 7. The Balaban J connectivity index is 1.58. The summed E-state index contributed by atoms with van der Waals surface area (Å²) in [5.74, 6) is -1.02. The van der Waals surface area contributed by atoms with Crippen LogP contribution in [0.3, 0.4) is 0 Å². The molecule has 11 heteroatoms. The van der Waals surface area contributed by atoms with Crippen LogP contribution in [-0.2, 0) is 29.4 Å². The number of nitrogens with zero attached hydrogens (tertiary/aromatic N) is 2. The maximum atomic E-state index is 13.8. The number of carbonyl (C=O) groups is 2. The van der Waals surface area contributed by atoms with Gasteiger partial charge in [-0.05, 0) is 60.2 Å². The Morgan fingerprint density at radius 1 is 0.851 bits per heavy atom. The Bertz CT molecular complexity index is 1750. The van der Waals surface area contributed by atoms with E-state index in [1.807, 2.05) is 73.8 Å². The van der Waals surface area contributed by atoms with Crippen LogP contribution in [0.5, 0.6) is 0 Å². The first kappa shape index (κ1) is 35.3. The Kier molecular flexibility index (Phi) is 12.2. The molecule has 0 aliphatic rings. The van der Waals surface area contributed by atoms with Gasteiger partial charge >= 0.3 is 0 Å². The van der Waals surface area contributed by atoms with Gasteiger partial charge in [-0.3, -0.25) is 18.9 Å². The normalized spacial score (nSPS) is 13.3. The molecule has 4 aromatic rings. The Hall–Kier alpha value is -4.58. The third kappa shape index (κ3) is 10.2. The highest BCUT2D eigenvalue weighted by Gasteiger charge is 2.25. The van der Waals surface area contributed by atoms with Crippen LogP contribution in [0.25, 0.3) is 0 Å². The van der Waals surface area contributed by atoms with E-state index < -0.39 is 34.0 Å². The van der Waals surface area contributed by atoms with Gasteiger partial charge in [0.2, 0.25) is 10.0 Å². The van der Waals surface area contributed by atoms with Crippen molar-refractivity contribution in [1.82, 2.24) is 20.9 Å². The Morgan fingerprint density at radius 2 is 1.45 bits per heavy atom. The number of aliphatic hydroxyl groups is 1. The van der Waals surface area contributed by atoms with E-state index in [1.54, 1.807) is 6.20 Å². The first-order chi connectivity index (χ1) is 22.4. The van der Waals surface area contributed by atoms with E-state index >= 15 is 0 Å². The number of sulfonamides is 1. The molecular formula is C36H43N5O5S. The number of amides is 2. The summed E-state index contributed by atoms with van der Waals surface area (Å²) in [6.07, 6.45) is 4.88. The lowest BCUT2D eigenvalue weighted by Gasteiger charge is -2.25. The second-order valence-electron chi connectivity index (χ2n) is 11.6. The number of aryl methyl sites for hydroxylation is 1. The largest absolute Gasteiger partial charge is 0.390 e. The van der Waals surface area contributed by atoms with Crippen LogP contribution in [0.1, 0.15) is 62.9 Å². The van der Waals surface area contributed by atoms with Crippen molar-refractivity contribution in [1.29, 1.82) is 0 Å². The van der Waals surface area contributed by atoms with Crippen LogP contribution >= 0.6 is 0 Å². The summed E-state index contributed by atoms with van der Waals surface area (Å²) >= 11 is 0. The molecule has 0 fully saturated rings. The van der Waals surface area contributed by atoms with Gasteiger partial charge in [-0.25, -0.2) is 8.42 Å². The van der Waals surface area contributed by atoms with Crippen molar-refractivity contribution >= 4 is 27.5 Å². The number of pyridine rings is 1. The zero-order valence-electron chi connectivity index (χ0n) is 27.2. The van der Waals surface area contributed by atoms with Crippen molar-refractivity contribution in [2.24, 2.45) is 0 Å². The highest BCUT2D eigenvalue weighted by molar-refractivity contribution is 7.92. The fraction of sp³-hybridized carbons (Fsp3) is 0.306. The van der Waals surface area contributed by atoms with E-state index in [4.69, 9.17) is 0 Å². The van der Waals surface area contributed by atoms with Crippen molar-refractivity contribution in [3.63, 3.8) is 0 Å². The fourth-order valence-corrected chi connectivity index (χ4v) is 5.58. The molecule has 248 valence electrons. The summed E-state index contributed by atoms with van der Waals surface area (Å²) in [5, 5.41) is 20.4. The SMILES string of the molecule is CCc1cncc(CNC[C@@H](O)[C@H](Cc2ccccc2)NC(=O)c2cc(C(=O)N[C@H](C)c3ccccc3)cc(N(C)S(C)(=O)=O)c2)c1. The fourth-order valence-electron chi connectivity index (χ4n) is 5.09. The highest BCUT2D eigenvalue weighted by atomic mass is 32.2. The Morgan fingerprint density at radius 3 is 2.06 bits per heavy atom. The maximum Gasteiger partial charge on any atom is 0.251 e. The van der Waals surface area contributed by atoms with Gasteiger partial charge < -0.3 is 21.1 Å². The summed E-state index contributed by atoms with van der Waals surface area (Å²) in [4.78, 5) is 31.5. The van der Waals surface area contributed by atoms with Crippen LogP contribution in [0.4, 0.5) is 5.69 Å². The zero-order valence-corrected chi connectivity index (χ0v) is 28.0. The van der Waals surface area contributed by atoms with E-state index in [0.29, 0.717) is 13.0 Å². The molecule has 0 radical (unpaired) electrons. The number of aliphatic hydroxyl groups excluding tert-OH is 1. The zero-order chi connectivity index (χ0) is 34.0. The van der Waals surface area contributed by atoms with E-state index in [9.17, 15) is 23.1 Å². The van der Waals surface area contributed by atoms with Crippen LogP contribution in [0.2, 0.25) is 0 Å². The minimum atomic E-state index is -3.70. The number of anilines is 1. The molecular weight excluding hydrogens is 614 g/mol. The van der Waals surface area contributed by atoms with Crippen molar-refractivity contribution in [2.75, 3.05) is 24.2 Å². The van der Waals surface area contributed by atoms with Crippen molar-refractivity contribution < 1.29 is 23.1 Å². The molecule has 0 bridgehead atoms. The summed E-state index contributed by atoms with van der Waals surface area (Å²) in [6, 6.07) is 24.2. The number of aromatic nitrogens is 1. The molecule has 4 N–H and O–H groups in total. The second-order valence-corrected chi connectivity index (χ2v) is 13.6. The first-order valence-electron chi connectivity index (χ1n) is 15.6. The molecule has 0 aliphatic carbocycles. The number of benzene rings is 3. The van der Waals surface area contributed by atoms with Crippen LogP contribution in [0.15, 0.2) is 97.3 Å². The molecule has 3 aromatic carbocycles. The van der Waals surface area contributed by atoms with Crippen LogP contribution < -0.4 is 20.3 Å². The molecule has 10 nitrogen and oxygen atoms in total. The summed E-state index contributed by atoms with van der Waals surface area (Å²) < 4.78 is 25.9. The molecule has 3 atom stereocenters. The average molecular weight is 658 g/mol. The monoisotopic (exact) mass is 657 g/mol. The average Bonchev–Trinajstić information content (AvgIpc) is 3.07. The number of rotatable bonds is 15. The number of nitrogens with one attached hydrogen (secondary N) is 3. The molecule has 47 heavy (non-hydrogen) atoms. The summed E-state index contributed by atoms with van der Waals surface area (Å²) in [7, 11) is -2.34. The topological polar surface area (TPSA) is 141 Å². The van der Waals surface area contributed by atoms with Crippen LogP contribution in [0, 0.1) is 0 Å². The molecule has 0 aliphatic heterocycles. The van der Waals surface area contributed by atoms with Gasteiger partial charge in [0.05, 0.1) is 30.1 Å². The predicted octanol–water partition coefficient (Wildman–Crippen LogP) is 4.02. The molecule has 0 saturated carbocycles. The highest BCUT2D eigenvalue weighted by Crippen LogP contribution is 2.22. The van der Waals surface area contributed by atoms with Crippen molar-refractivity contribution in [3.05, 3.63) is 131 Å².